The highest BCUT2D eigenvalue weighted by atomic mass is 79.9. The van der Waals surface area contributed by atoms with Gasteiger partial charge >= 0.3 is 0 Å². The molecule has 2 fully saturated rings. The highest BCUT2D eigenvalue weighted by molar-refractivity contribution is 9.10. The van der Waals surface area contributed by atoms with Gasteiger partial charge in [0.2, 0.25) is 0 Å². The molecule has 2 saturated heterocycles. The lowest BCUT2D eigenvalue weighted by molar-refractivity contribution is -0.385. The molecule has 2 aliphatic heterocycles. The van der Waals surface area contributed by atoms with Gasteiger partial charge in [0.1, 0.15) is 0 Å². The van der Waals surface area contributed by atoms with Crippen LogP contribution in [0.3, 0.4) is 0 Å². The molecule has 102 valence electrons. The molecule has 3 unspecified atom stereocenters. The predicted molar refractivity (Wildman–Crippen MR) is 73.9 cm³/mol. The summed E-state index contributed by atoms with van der Waals surface area (Å²) in [5, 5.41) is 14.4. The lowest BCUT2D eigenvalue weighted by Crippen LogP contribution is -2.37. The first-order valence-electron chi connectivity index (χ1n) is 6.45. The maximum Gasteiger partial charge on any atom is 0.273 e. The topological polar surface area (TPSA) is 64.4 Å². The number of nitrogens with one attached hydrogen (secondary N) is 1. The Kier molecular flexibility index (Phi) is 3.56. The Morgan fingerprint density at radius 3 is 2.95 bits per heavy atom. The number of halogens is 1. The fourth-order valence-corrected chi connectivity index (χ4v) is 3.38. The van der Waals surface area contributed by atoms with E-state index in [0.29, 0.717) is 24.3 Å². The van der Waals surface area contributed by atoms with E-state index in [-0.39, 0.29) is 16.7 Å². The molecule has 1 N–H and O–H groups in total. The van der Waals surface area contributed by atoms with E-state index in [4.69, 9.17) is 4.74 Å². The first-order chi connectivity index (χ1) is 9.13. The summed E-state index contributed by atoms with van der Waals surface area (Å²) < 4.78 is 6.63. The molecule has 1 aromatic rings. The first kappa shape index (κ1) is 13.0. The minimum absolute atomic E-state index is 0.166. The normalized spacial score (nSPS) is 28.8. The van der Waals surface area contributed by atoms with Crippen molar-refractivity contribution >= 4 is 21.6 Å². The van der Waals surface area contributed by atoms with Crippen LogP contribution in [0, 0.1) is 10.1 Å². The van der Waals surface area contributed by atoms with Crippen LogP contribution in [0.4, 0.5) is 5.69 Å². The second kappa shape index (κ2) is 5.19. The summed E-state index contributed by atoms with van der Waals surface area (Å²) in [7, 11) is 0. The molecule has 3 rings (SSSR count). The number of rotatable bonds is 4. The number of fused-ring (bicyclic) bond motifs is 2. The van der Waals surface area contributed by atoms with Gasteiger partial charge in [-0.15, -0.1) is 0 Å². The second-order valence-electron chi connectivity index (χ2n) is 5.13. The molecular formula is C13H15BrN2O3. The minimum atomic E-state index is -0.333. The van der Waals surface area contributed by atoms with Gasteiger partial charge in [-0.25, -0.2) is 0 Å². The van der Waals surface area contributed by atoms with Crippen LogP contribution in [-0.4, -0.2) is 23.2 Å². The molecule has 2 heterocycles. The summed E-state index contributed by atoms with van der Waals surface area (Å²) in [6.07, 6.45) is 3.95. The van der Waals surface area contributed by atoms with Crippen molar-refractivity contribution in [1.29, 1.82) is 0 Å². The van der Waals surface area contributed by atoms with Crippen molar-refractivity contribution in [2.24, 2.45) is 0 Å². The molecule has 2 bridgehead atoms. The molecule has 1 aromatic carbocycles. The Bertz CT molecular complexity index is 509. The van der Waals surface area contributed by atoms with Gasteiger partial charge in [-0.3, -0.25) is 10.1 Å². The van der Waals surface area contributed by atoms with Gasteiger partial charge in [0, 0.05) is 28.7 Å². The highest BCUT2D eigenvalue weighted by Gasteiger charge is 2.40. The van der Waals surface area contributed by atoms with Crippen LogP contribution in [0.5, 0.6) is 0 Å². The first-order valence-corrected chi connectivity index (χ1v) is 7.24. The molecule has 0 spiro atoms. The van der Waals surface area contributed by atoms with Crippen LogP contribution >= 0.6 is 15.9 Å². The van der Waals surface area contributed by atoms with Crippen molar-refractivity contribution < 1.29 is 9.66 Å². The van der Waals surface area contributed by atoms with Crippen molar-refractivity contribution in [2.75, 3.05) is 0 Å². The summed E-state index contributed by atoms with van der Waals surface area (Å²) >= 11 is 3.36. The zero-order valence-corrected chi connectivity index (χ0v) is 11.9. The average molecular weight is 327 g/mol. The van der Waals surface area contributed by atoms with Crippen LogP contribution in [0.2, 0.25) is 0 Å². The number of hydrogen-bond donors (Lipinski definition) is 1. The Morgan fingerprint density at radius 1 is 1.47 bits per heavy atom. The Morgan fingerprint density at radius 2 is 2.32 bits per heavy atom. The molecule has 0 aliphatic carbocycles. The van der Waals surface area contributed by atoms with E-state index in [9.17, 15) is 10.1 Å². The zero-order chi connectivity index (χ0) is 13.4. The maximum absolute atomic E-state index is 11.0. The van der Waals surface area contributed by atoms with E-state index >= 15 is 0 Å². The second-order valence-corrected chi connectivity index (χ2v) is 6.04. The zero-order valence-electron chi connectivity index (χ0n) is 10.3. The molecule has 0 radical (unpaired) electrons. The van der Waals surface area contributed by atoms with Crippen molar-refractivity contribution in [1.82, 2.24) is 5.32 Å². The Balaban J connectivity index is 1.69. The average Bonchev–Trinajstić information content (AvgIpc) is 2.98. The number of nitro groups is 1. The number of nitrogens with zero attached hydrogens (tertiary/aromatic N) is 1. The number of nitro benzene ring substituents is 1. The van der Waals surface area contributed by atoms with E-state index in [1.54, 1.807) is 18.2 Å². The maximum atomic E-state index is 11.0. The summed E-state index contributed by atoms with van der Waals surface area (Å²) in [4.78, 5) is 10.7. The fourth-order valence-electron chi connectivity index (χ4n) is 2.97. The van der Waals surface area contributed by atoms with Crippen molar-refractivity contribution in [3.63, 3.8) is 0 Å². The minimum Gasteiger partial charge on any atom is -0.373 e. The third kappa shape index (κ3) is 2.66. The Hall–Kier alpha value is -0.980. The van der Waals surface area contributed by atoms with E-state index < -0.39 is 0 Å². The van der Waals surface area contributed by atoms with E-state index in [2.05, 4.69) is 21.2 Å². The van der Waals surface area contributed by atoms with Gasteiger partial charge in [0.15, 0.2) is 0 Å². The van der Waals surface area contributed by atoms with Gasteiger partial charge in [0.25, 0.3) is 5.69 Å². The van der Waals surface area contributed by atoms with Crippen LogP contribution in [0.1, 0.15) is 24.8 Å². The molecule has 5 nitrogen and oxygen atoms in total. The van der Waals surface area contributed by atoms with Crippen molar-refractivity contribution in [3.8, 4) is 0 Å². The van der Waals surface area contributed by atoms with Gasteiger partial charge in [-0.05, 0) is 31.4 Å². The van der Waals surface area contributed by atoms with Crippen LogP contribution < -0.4 is 5.32 Å². The summed E-state index contributed by atoms with van der Waals surface area (Å²) in [5.74, 6) is 0. The van der Waals surface area contributed by atoms with Crippen LogP contribution in [0.25, 0.3) is 0 Å². The quantitative estimate of drug-likeness (QED) is 0.682. The van der Waals surface area contributed by atoms with Gasteiger partial charge in [0.05, 0.1) is 17.1 Å². The number of benzene rings is 1. The third-order valence-electron chi connectivity index (χ3n) is 3.90. The lowest BCUT2D eigenvalue weighted by Gasteiger charge is -2.20. The molecule has 0 aromatic heterocycles. The molecule has 6 heteroatoms. The van der Waals surface area contributed by atoms with Crippen molar-refractivity contribution in [3.05, 3.63) is 38.3 Å². The predicted octanol–water partition coefficient (Wildman–Crippen LogP) is 2.77. The SMILES string of the molecule is O=[N+]([O-])c1ccc(Br)cc1CNC1CC2CCC1O2. The fraction of sp³-hybridized carbons (Fsp3) is 0.538. The van der Waals surface area contributed by atoms with Crippen molar-refractivity contribution in [2.45, 2.75) is 44.1 Å². The summed E-state index contributed by atoms with van der Waals surface area (Å²) in [6.45, 7) is 0.507. The summed E-state index contributed by atoms with van der Waals surface area (Å²) in [6, 6.07) is 5.37. The van der Waals surface area contributed by atoms with Crippen LogP contribution in [-0.2, 0) is 11.3 Å². The van der Waals surface area contributed by atoms with E-state index in [0.717, 1.165) is 23.7 Å². The van der Waals surface area contributed by atoms with Crippen LogP contribution in [0.15, 0.2) is 22.7 Å². The lowest BCUT2D eigenvalue weighted by atomic mass is 9.95. The van der Waals surface area contributed by atoms with Gasteiger partial charge in [-0.2, -0.15) is 0 Å². The van der Waals surface area contributed by atoms with Gasteiger partial charge < -0.3 is 10.1 Å². The monoisotopic (exact) mass is 326 g/mol. The number of hydrogen-bond acceptors (Lipinski definition) is 4. The number of ether oxygens (including phenoxy) is 1. The summed E-state index contributed by atoms with van der Waals surface area (Å²) in [5.41, 5.74) is 0.877. The standard InChI is InChI=1S/C13H15BrN2O3/c14-9-1-3-12(16(17)18)8(5-9)7-15-11-6-10-2-4-13(11)19-10/h1,3,5,10-11,13,15H,2,4,6-7H2. The largest absolute Gasteiger partial charge is 0.373 e. The molecule has 0 saturated carbocycles. The highest BCUT2D eigenvalue weighted by Crippen LogP contribution is 2.34. The molecular weight excluding hydrogens is 312 g/mol. The molecule has 3 atom stereocenters. The van der Waals surface area contributed by atoms with E-state index in [1.165, 1.54) is 0 Å². The molecule has 19 heavy (non-hydrogen) atoms. The van der Waals surface area contributed by atoms with E-state index in [1.807, 2.05) is 0 Å². The smallest absolute Gasteiger partial charge is 0.273 e. The molecule has 2 aliphatic rings. The van der Waals surface area contributed by atoms with Gasteiger partial charge in [-0.1, -0.05) is 15.9 Å². The molecule has 0 amide bonds. The Labute approximate surface area is 119 Å². The third-order valence-corrected chi connectivity index (χ3v) is 4.39.